The van der Waals surface area contributed by atoms with Crippen LogP contribution in [-0.4, -0.2) is 17.3 Å². The van der Waals surface area contributed by atoms with Crippen molar-refractivity contribution < 1.29 is 14.4 Å². The predicted octanol–water partition coefficient (Wildman–Crippen LogP) is 2.95. The lowest BCUT2D eigenvalue weighted by Gasteiger charge is -2.21. The normalized spacial score (nSPS) is 17.7. The second-order valence-electron chi connectivity index (χ2n) is 4.82. The maximum atomic E-state index is 12.4. The molecule has 0 saturated carbocycles. The summed E-state index contributed by atoms with van der Waals surface area (Å²) in [5, 5.41) is 0. The lowest BCUT2D eigenvalue weighted by atomic mass is 9.78. The number of carbonyl (C=O) groups excluding carboxylic acids is 3. The molecule has 2 aromatic carbocycles. The van der Waals surface area contributed by atoms with Gasteiger partial charge < -0.3 is 0 Å². The molecule has 0 spiro atoms. The molecule has 1 aliphatic carbocycles. The Labute approximate surface area is 116 Å². The van der Waals surface area contributed by atoms with Gasteiger partial charge in [-0.05, 0) is 0 Å². The number of hydrogen-bond acceptors (Lipinski definition) is 3. The van der Waals surface area contributed by atoms with Crippen LogP contribution in [0.25, 0.3) is 0 Å². The fourth-order valence-electron chi connectivity index (χ4n) is 2.53. The van der Waals surface area contributed by atoms with Crippen molar-refractivity contribution in [3.8, 4) is 0 Å². The number of benzene rings is 2. The Bertz CT molecular complexity index is 701. The van der Waals surface area contributed by atoms with E-state index < -0.39 is 5.92 Å². The highest BCUT2D eigenvalue weighted by molar-refractivity contribution is 6.24. The molecular weight excluding hydrogens is 252 g/mol. The summed E-state index contributed by atoms with van der Waals surface area (Å²) in [5.74, 6) is -1.57. The van der Waals surface area contributed by atoms with Crippen molar-refractivity contribution in [2.75, 3.05) is 0 Å². The lowest BCUT2D eigenvalue weighted by Crippen LogP contribution is -2.32. The summed E-state index contributed by atoms with van der Waals surface area (Å²) in [6.07, 6.45) is -0.0381. The van der Waals surface area contributed by atoms with Crippen molar-refractivity contribution in [3.05, 3.63) is 71.3 Å². The Morgan fingerprint density at radius 2 is 1.45 bits per heavy atom. The molecule has 1 aliphatic rings. The van der Waals surface area contributed by atoms with E-state index in [9.17, 15) is 14.4 Å². The second kappa shape index (κ2) is 4.85. The standard InChI is InChI=1S/C17H12O3/c18-15-10-14(16(19)11-6-2-1-3-7-11)17(20)13-9-5-4-8-12(13)15/h1-9,14H,10H2. The molecular formula is C17H12O3. The molecule has 98 valence electrons. The quantitative estimate of drug-likeness (QED) is 0.619. The van der Waals surface area contributed by atoms with E-state index in [0.717, 1.165) is 0 Å². The molecule has 0 radical (unpaired) electrons. The Kier molecular flexibility index (Phi) is 3.03. The van der Waals surface area contributed by atoms with E-state index in [1.54, 1.807) is 54.6 Å². The predicted molar refractivity (Wildman–Crippen MR) is 74.0 cm³/mol. The first-order chi connectivity index (χ1) is 9.68. The molecule has 0 aliphatic heterocycles. The fraction of sp³-hybridized carbons (Fsp3) is 0.118. The van der Waals surface area contributed by atoms with Crippen LogP contribution in [0.3, 0.4) is 0 Å². The zero-order valence-electron chi connectivity index (χ0n) is 10.7. The zero-order valence-corrected chi connectivity index (χ0v) is 10.7. The van der Waals surface area contributed by atoms with E-state index in [1.807, 2.05) is 0 Å². The first kappa shape index (κ1) is 12.5. The van der Waals surface area contributed by atoms with Crippen LogP contribution >= 0.6 is 0 Å². The van der Waals surface area contributed by atoms with Gasteiger partial charge >= 0.3 is 0 Å². The van der Waals surface area contributed by atoms with E-state index in [1.165, 1.54) is 0 Å². The molecule has 3 nitrogen and oxygen atoms in total. The molecule has 2 aromatic rings. The van der Waals surface area contributed by atoms with Gasteiger partial charge in [0.25, 0.3) is 0 Å². The van der Waals surface area contributed by atoms with Crippen LogP contribution in [0, 0.1) is 5.92 Å². The minimum atomic E-state index is -0.889. The van der Waals surface area contributed by atoms with Crippen molar-refractivity contribution in [3.63, 3.8) is 0 Å². The topological polar surface area (TPSA) is 51.2 Å². The zero-order chi connectivity index (χ0) is 14.1. The van der Waals surface area contributed by atoms with Crippen LogP contribution in [0.1, 0.15) is 37.5 Å². The molecule has 0 saturated heterocycles. The minimum Gasteiger partial charge on any atom is -0.294 e. The molecule has 0 heterocycles. The summed E-state index contributed by atoms with van der Waals surface area (Å²) < 4.78 is 0. The number of ketones is 3. The van der Waals surface area contributed by atoms with Gasteiger partial charge in [-0.15, -0.1) is 0 Å². The van der Waals surface area contributed by atoms with Gasteiger partial charge in [-0.25, -0.2) is 0 Å². The maximum absolute atomic E-state index is 12.4. The van der Waals surface area contributed by atoms with E-state index in [0.29, 0.717) is 16.7 Å². The Morgan fingerprint density at radius 1 is 0.850 bits per heavy atom. The molecule has 0 aromatic heterocycles. The SMILES string of the molecule is O=C1CC(C(=O)c2ccccc2)C(=O)c2ccccc21. The Morgan fingerprint density at radius 3 is 2.15 bits per heavy atom. The molecule has 1 atom stereocenters. The molecule has 0 N–H and O–H groups in total. The molecule has 0 amide bonds. The van der Waals surface area contributed by atoms with E-state index >= 15 is 0 Å². The number of hydrogen-bond donors (Lipinski definition) is 0. The first-order valence-corrected chi connectivity index (χ1v) is 6.44. The molecule has 20 heavy (non-hydrogen) atoms. The summed E-state index contributed by atoms with van der Waals surface area (Å²) in [6, 6.07) is 15.3. The van der Waals surface area contributed by atoms with Gasteiger partial charge in [0.15, 0.2) is 17.3 Å². The molecule has 3 heteroatoms. The highest BCUT2D eigenvalue weighted by Crippen LogP contribution is 2.27. The monoisotopic (exact) mass is 264 g/mol. The molecule has 3 rings (SSSR count). The van der Waals surface area contributed by atoms with Crippen molar-refractivity contribution in [2.45, 2.75) is 6.42 Å². The van der Waals surface area contributed by atoms with Crippen molar-refractivity contribution in [1.82, 2.24) is 0 Å². The summed E-state index contributed by atoms with van der Waals surface area (Å²) >= 11 is 0. The first-order valence-electron chi connectivity index (χ1n) is 6.44. The van der Waals surface area contributed by atoms with E-state index in [-0.39, 0.29) is 23.8 Å². The van der Waals surface area contributed by atoms with Gasteiger partial charge in [0.2, 0.25) is 0 Å². The minimum absolute atomic E-state index is 0.0381. The van der Waals surface area contributed by atoms with Gasteiger partial charge in [0.05, 0.1) is 5.92 Å². The smallest absolute Gasteiger partial charge is 0.174 e. The van der Waals surface area contributed by atoms with Gasteiger partial charge in [-0.1, -0.05) is 54.6 Å². The number of rotatable bonds is 2. The lowest BCUT2D eigenvalue weighted by molar-refractivity contribution is 0.0740. The summed E-state index contributed by atoms with van der Waals surface area (Å²) in [7, 11) is 0. The summed E-state index contributed by atoms with van der Waals surface area (Å²) in [5.41, 5.74) is 1.26. The van der Waals surface area contributed by atoms with Crippen LogP contribution in [-0.2, 0) is 0 Å². The fourth-order valence-corrected chi connectivity index (χ4v) is 2.53. The van der Waals surface area contributed by atoms with Crippen LogP contribution in [0.2, 0.25) is 0 Å². The number of carbonyl (C=O) groups is 3. The van der Waals surface area contributed by atoms with Gasteiger partial charge in [-0.2, -0.15) is 0 Å². The highest BCUT2D eigenvalue weighted by Gasteiger charge is 2.36. The Hall–Kier alpha value is -2.55. The molecule has 0 bridgehead atoms. The second-order valence-corrected chi connectivity index (χ2v) is 4.82. The molecule has 1 unspecified atom stereocenters. The highest BCUT2D eigenvalue weighted by atomic mass is 16.2. The average molecular weight is 264 g/mol. The third kappa shape index (κ3) is 1.97. The number of fused-ring (bicyclic) bond motifs is 1. The van der Waals surface area contributed by atoms with Crippen LogP contribution < -0.4 is 0 Å². The van der Waals surface area contributed by atoms with E-state index in [4.69, 9.17) is 0 Å². The van der Waals surface area contributed by atoms with Crippen LogP contribution in [0.5, 0.6) is 0 Å². The average Bonchev–Trinajstić information content (AvgIpc) is 2.51. The van der Waals surface area contributed by atoms with Gasteiger partial charge in [-0.3, -0.25) is 14.4 Å². The van der Waals surface area contributed by atoms with Crippen molar-refractivity contribution >= 4 is 17.3 Å². The number of Topliss-reactive ketones (excluding diaryl/α,β-unsaturated/α-hetero) is 3. The third-order valence-electron chi connectivity index (χ3n) is 3.57. The summed E-state index contributed by atoms with van der Waals surface area (Å²) in [4.78, 5) is 36.9. The van der Waals surface area contributed by atoms with Crippen molar-refractivity contribution in [1.29, 1.82) is 0 Å². The largest absolute Gasteiger partial charge is 0.294 e. The van der Waals surface area contributed by atoms with E-state index in [2.05, 4.69) is 0 Å². The van der Waals surface area contributed by atoms with Gasteiger partial charge in [0, 0.05) is 23.1 Å². The Balaban J connectivity index is 2.00. The summed E-state index contributed by atoms with van der Waals surface area (Å²) in [6.45, 7) is 0. The molecule has 0 fully saturated rings. The third-order valence-corrected chi connectivity index (χ3v) is 3.57. The maximum Gasteiger partial charge on any atom is 0.174 e. The van der Waals surface area contributed by atoms with Crippen LogP contribution in [0.4, 0.5) is 0 Å². The van der Waals surface area contributed by atoms with Gasteiger partial charge in [0.1, 0.15) is 0 Å². The van der Waals surface area contributed by atoms with Crippen molar-refractivity contribution in [2.24, 2.45) is 5.92 Å². The van der Waals surface area contributed by atoms with Crippen LogP contribution in [0.15, 0.2) is 54.6 Å².